The van der Waals surface area contributed by atoms with Crippen molar-refractivity contribution in [2.45, 2.75) is 18.8 Å². The number of rotatable bonds is 8. The molecule has 1 atom stereocenters. The lowest BCUT2D eigenvalue weighted by atomic mass is 10.0. The van der Waals surface area contributed by atoms with E-state index in [0.717, 1.165) is 24.5 Å². The largest absolute Gasteiger partial charge is 0.412 e. The smallest absolute Gasteiger partial charge is 0.382 e. The molecule has 36 heavy (non-hydrogen) atoms. The molecule has 0 saturated carbocycles. The highest BCUT2D eigenvalue weighted by atomic mass is 19.4. The van der Waals surface area contributed by atoms with E-state index in [1.807, 2.05) is 10.9 Å². The molecule has 0 aliphatic carbocycles. The highest BCUT2D eigenvalue weighted by Gasteiger charge is 2.42. The van der Waals surface area contributed by atoms with Crippen LogP contribution in [0.25, 0.3) is 0 Å². The molecule has 0 aliphatic heterocycles. The summed E-state index contributed by atoms with van der Waals surface area (Å²) in [7, 11) is 0. The van der Waals surface area contributed by atoms with Crippen molar-refractivity contribution in [2.75, 3.05) is 0 Å². The lowest BCUT2D eigenvalue weighted by Gasteiger charge is -2.22. The van der Waals surface area contributed by atoms with Crippen LogP contribution in [0.5, 0.6) is 0 Å². The van der Waals surface area contributed by atoms with E-state index in [0.29, 0.717) is 11.1 Å². The Morgan fingerprint density at radius 1 is 0.972 bits per heavy atom. The van der Waals surface area contributed by atoms with Crippen LogP contribution in [0, 0.1) is 5.82 Å². The fourth-order valence-corrected chi connectivity index (χ4v) is 3.02. The van der Waals surface area contributed by atoms with Crippen molar-refractivity contribution in [3.05, 3.63) is 94.8 Å². The second-order valence-corrected chi connectivity index (χ2v) is 7.29. The zero-order valence-electron chi connectivity index (χ0n) is 18.4. The summed E-state index contributed by atoms with van der Waals surface area (Å²) in [6, 6.07) is 8.78. The van der Waals surface area contributed by atoms with Gasteiger partial charge in [-0.25, -0.2) is 25.7 Å². The Bertz CT molecular complexity index is 1250. The van der Waals surface area contributed by atoms with Gasteiger partial charge in [-0.1, -0.05) is 36.4 Å². The highest BCUT2D eigenvalue weighted by molar-refractivity contribution is 5.98. The minimum atomic E-state index is -4.85. The summed E-state index contributed by atoms with van der Waals surface area (Å²) in [6.45, 7) is 0.0351. The van der Waals surface area contributed by atoms with E-state index >= 15 is 0 Å². The summed E-state index contributed by atoms with van der Waals surface area (Å²) in [5, 5.41) is 7.93. The van der Waals surface area contributed by atoms with Crippen molar-refractivity contribution >= 4 is 17.6 Å². The molecule has 10 nitrogen and oxygen atoms in total. The maximum absolute atomic E-state index is 13.7. The number of nitrogens with two attached hydrogens (primary N) is 2. The van der Waals surface area contributed by atoms with Crippen molar-refractivity contribution in [2.24, 2.45) is 16.7 Å². The van der Waals surface area contributed by atoms with E-state index in [-0.39, 0.29) is 23.6 Å². The third-order valence-electron chi connectivity index (χ3n) is 4.83. The van der Waals surface area contributed by atoms with Crippen LogP contribution in [0.4, 0.5) is 17.6 Å². The molecule has 0 aliphatic rings. The van der Waals surface area contributed by atoms with Gasteiger partial charge in [-0.05, 0) is 23.3 Å². The van der Waals surface area contributed by atoms with Gasteiger partial charge in [0.05, 0.1) is 0 Å². The van der Waals surface area contributed by atoms with Crippen LogP contribution < -0.4 is 27.7 Å². The minimum absolute atomic E-state index is 0.0351. The quantitative estimate of drug-likeness (QED) is 0.103. The zero-order chi connectivity index (χ0) is 26.3. The van der Waals surface area contributed by atoms with Crippen LogP contribution >= 0.6 is 0 Å². The van der Waals surface area contributed by atoms with E-state index in [1.54, 1.807) is 0 Å². The molecule has 1 heterocycles. The topological polar surface area (TPSA) is 160 Å². The number of halogens is 4. The fraction of sp³-hybridized carbons (Fsp3) is 0.136. The molecule has 0 unspecified atom stereocenters. The molecule has 2 amide bonds. The van der Waals surface area contributed by atoms with Crippen molar-refractivity contribution in [3.8, 4) is 0 Å². The van der Waals surface area contributed by atoms with E-state index in [4.69, 9.17) is 11.6 Å². The number of amidine groups is 1. The minimum Gasteiger partial charge on any atom is -0.382 e. The van der Waals surface area contributed by atoms with Crippen LogP contribution in [-0.4, -0.2) is 33.8 Å². The second-order valence-electron chi connectivity index (χ2n) is 7.29. The lowest BCUT2D eigenvalue weighted by Crippen LogP contribution is -2.38. The number of hydrogen-bond donors (Lipinski definition) is 5. The highest BCUT2D eigenvalue weighted by Crippen LogP contribution is 2.33. The molecule has 0 fully saturated rings. The summed E-state index contributed by atoms with van der Waals surface area (Å²) < 4.78 is 54.2. The van der Waals surface area contributed by atoms with Gasteiger partial charge in [0, 0.05) is 18.2 Å². The van der Waals surface area contributed by atoms with Crippen LogP contribution in [0.2, 0.25) is 0 Å². The number of hydrazone groups is 1. The number of hydrazine groups is 1. The normalized spacial score (nSPS) is 12.5. The molecular weight excluding hydrogens is 484 g/mol. The third-order valence-corrected chi connectivity index (χ3v) is 4.83. The average Bonchev–Trinajstić information content (AvgIpc) is 2.86. The first kappa shape index (κ1) is 26.0. The first-order valence-electron chi connectivity index (χ1n) is 10.2. The summed E-state index contributed by atoms with van der Waals surface area (Å²) in [6.07, 6.45) is -3.97. The number of nitrogens with zero attached hydrogens (tertiary/aromatic N) is 3. The van der Waals surface area contributed by atoms with E-state index in [1.165, 1.54) is 36.4 Å². The van der Waals surface area contributed by atoms with E-state index in [2.05, 4.69) is 20.4 Å². The molecule has 0 saturated heterocycles. The summed E-state index contributed by atoms with van der Waals surface area (Å²) in [5.41, 5.74) is 7.53. The predicted molar refractivity (Wildman–Crippen MR) is 120 cm³/mol. The Morgan fingerprint density at radius 3 is 2.17 bits per heavy atom. The molecule has 1 aromatic heterocycles. The molecule has 14 heteroatoms. The number of carbonyl (C=O) groups is 2. The summed E-state index contributed by atoms with van der Waals surface area (Å²) in [5.74, 6) is 2.66. The van der Waals surface area contributed by atoms with Gasteiger partial charge >= 0.3 is 6.18 Å². The van der Waals surface area contributed by atoms with Crippen LogP contribution in [-0.2, 0) is 6.54 Å². The molecule has 7 N–H and O–H groups in total. The SMILES string of the molecule is NN/N=C(\N)c1ccc([C@@H](NC(=O)c2cc(C(=O)NCc3ccc(F)cc3)ncn2)C(F)(F)F)cc1. The van der Waals surface area contributed by atoms with Gasteiger partial charge in [-0.15, -0.1) is 5.10 Å². The number of aromatic nitrogens is 2. The van der Waals surface area contributed by atoms with Gasteiger partial charge in [-0.2, -0.15) is 13.2 Å². The molecular formula is C22H20F4N8O2. The van der Waals surface area contributed by atoms with Crippen molar-refractivity contribution in [3.63, 3.8) is 0 Å². The number of carbonyl (C=O) groups excluding carboxylic acids is 2. The van der Waals surface area contributed by atoms with Gasteiger partial charge in [0.15, 0.2) is 11.9 Å². The molecule has 3 aromatic rings. The van der Waals surface area contributed by atoms with Crippen molar-refractivity contribution in [1.82, 2.24) is 26.1 Å². The fourth-order valence-electron chi connectivity index (χ4n) is 3.02. The van der Waals surface area contributed by atoms with Gasteiger partial charge in [-0.3, -0.25) is 9.59 Å². The Kier molecular flexibility index (Phi) is 8.11. The molecule has 188 valence electrons. The molecule has 0 spiro atoms. The van der Waals surface area contributed by atoms with E-state index in [9.17, 15) is 27.2 Å². The maximum atomic E-state index is 13.7. The Morgan fingerprint density at radius 2 is 1.58 bits per heavy atom. The number of alkyl halides is 3. The van der Waals surface area contributed by atoms with Gasteiger partial charge < -0.3 is 16.4 Å². The Labute approximate surface area is 201 Å². The number of amides is 2. The van der Waals surface area contributed by atoms with E-state index < -0.39 is 35.5 Å². The summed E-state index contributed by atoms with van der Waals surface area (Å²) in [4.78, 5) is 32.4. The van der Waals surface area contributed by atoms with Crippen LogP contribution in [0.1, 0.15) is 43.7 Å². The number of nitrogens with one attached hydrogen (secondary N) is 3. The number of benzene rings is 2. The Balaban J connectivity index is 1.74. The Hall–Kier alpha value is -4.59. The molecule has 0 radical (unpaired) electrons. The van der Waals surface area contributed by atoms with Crippen LogP contribution in [0.15, 0.2) is 66.0 Å². The third kappa shape index (κ3) is 6.73. The molecule has 3 rings (SSSR count). The number of hydrogen-bond acceptors (Lipinski definition) is 7. The zero-order valence-corrected chi connectivity index (χ0v) is 18.4. The standard InChI is InChI=1S/C22H20F4N8O2/c23-15-7-1-12(2-8-15)10-29-20(35)16-9-17(31-11-30-16)21(36)32-18(22(24,25)26)13-3-5-14(6-4-13)19(27)33-34-28/h1-9,11,18,34H,10,28H2,(H2,27,33)(H,29,35)(H,32,36)/t18-/m1/s1. The predicted octanol–water partition coefficient (Wildman–Crippen LogP) is 1.66. The molecule has 2 aromatic carbocycles. The van der Waals surface area contributed by atoms with Gasteiger partial charge in [0.25, 0.3) is 11.8 Å². The lowest BCUT2D eigenvalue weighted by molar-refractivity contribution is -0.155. The van der Waals surface area contributed by atoms with Gasteiger partial charge in [0.1, 0.15) is 23.5 Å². The van der Waals surface area contributed by atoms with Crippen LogP contribution in [0.3, 0.4) is 0 Å². The monoisotopic (exact) mass is 504 g/mol. The second kappa shape index (κ2) is 11.2. The summed E-state index contributed by atoms with van der Waals surface area (Å²) >= 11 is 0. The first-order valence-corrected chi connectivity index (χ1v) is 10.2. The average molecular weight is 504 g/mol. The van der Waals surface area contributed by atoms with Crippen molar-refractivity contribution in [1.29, 1.82) is 0 Å². The van der Waals surface area contributed by atoms with Gasteiger partial charge in [0.2, 0.25) is 0 Å². The molecule has 0 bridgehead atoms. The van der Waals surface area contributed by atoms with Crippen molar-refractivity contribution < 1.29 is 27.2 Å². The first-order chi connectivity index (χ1) is 17.1. The maximum Gasteiger partial charge on any atom is 0.412 e.